The normalized spacial score (nSPS) is 9.83. The zero-order chi connectivity index (χ0) is 12.8. The molecule has 0 aliphatic heterocycles. The fourth-order valence-electron chi connectivity index (χ4n) is 1.57. The molecule has 5 nitrogen and oxygen atoms in total. The van der Waals surface area contributed by atoms with Gasteiger partial charge in [0.1, 0.15) is 6.33 Å². The van der Waals surface area contributed by atoms with Crippen LogP contribution in [0.15, 0.2) is 43.0 Å². The van der Waals surface area contributed by atoms with Crippen LogP contribution in [0.2, 0.25) is 0 Å². The summed E-state index contributed by atoms with van der Waals surface area (Å²) < 4.78 is 0. The second kappa shape index (κ2) is 5.77. The molecule has 2 N–H and O–H groups in total. The molecule has 2 rings (SSSR count). The molecule has 1 heterocycles. The highest BCUT2D eigenvalue weighted by Crippen LogP contribution is 2.16. The van der Waals surface area contributed by atoms with Crippen molar-refractivity contribution in [3.8, 4) is 0 Å². The van der Waals surface area contributed by atoms with Crippen molar-refractivity contribution in [3.63, 3.8) is 0 Å². The number of carbonyl (C=O) groups is 1. The molecule has 0 aliphatic rings. The molecule has 0 unspecified atom stereocenters. The minimum absolute atomic E-state index is 0.0782. The number of amides is 1. The highest BCUT2D eigenvalue weighted by atomic mass is 16.1. The van der Waals surface area contributed by atoms with Crippen LogP contribution in [0, 0.1) is 0 Å². The van der Waals surface area contributed by atoms with Gasteiger partial charge in [0.25, 0.3) is 0 Å². The van der Waals surface area contributed by atoms with E-state index >= 15 is 0 Å². The fourth-order valence-corrected chi connectivity index (χ4v) is 1.57. The van der Waals surface area contributed by atoms with Gasteiger partial charge in [-0.05, 0) is 11.6 Å². The lowest BCUT2D eigenvalue weighted by Crippen LogP contribution is -2.10. The van der Waals surface area contributed by atoms with Crippen molar-refractivity contribution in [2.45, 2.75) is 13.5 Å². The van der Waals surface area contributed by atoms with Gasteiger partial charge in [-0.2, -0.15) is 0 Å². The molecule has 0 radical (unpaired) electrons. The van der Waals surface area contributed by atoms with Crippen molar-refractivity contribution < 1.29 is 4.79 Å². The average molecular weight is 242 g/mol. The molecule has 18 heavy (non-hydrogen) atoms. The van der Waals surface area contributed by atoms with Gasteiger partial charge < -0.3 is 10.6 Å². The SMILES string of the molecule is CC(=O)Nc1ccccc1CNc1cncnc1. The lowest BCUT2D eigenvalue weighted by molar-refractivity contribution is -0.114. The molecule has 1 aromatic carbocycles. The number of rotatable bonds is 4. The first kappa shape index (κ1) is 12.0. The molecule has 5 heteroatoms. The molecule has 0 aliphatic carbocycles. The van der Waals surface area contributed by atoms with Gasteiger partial charge in [0.15, 0.2) is 0 Å². The molecule has 0 saturated heterocycles. The number of hydrogen-bond donors (Lipinski definition) is 2. The molecule has 1 amide bonds. The quantitative estimate of drug-likeness (QED) is 0.861. The summed E-state index contributed by atoms with van der Waals surface area (Å²) in [6.45, 7) is 2.10. The van der Waals surface area contributed by atoms with Crippen LogP contribution in [0.5, 0.6) is 0 Å². The molecule has 0 saturated carbocycles. The maximum atomic E-state index is 11.1. The molecular formula is C13H14N4O. The third-order valence-electron chi connectivity index (χ3n) is 2.37. The summed E-state index contributed by atoms with van der Waals surface area (Å²) in [6, 6.07) is 7.66. The summed E-state index contributed by atoms with van der Waals surface area (Å²) >= 11 is 0. The Kier molecular flexibility index (Phi) is 3.86. The average Bonchev–Trinajstić information content (AvgIpc) is 2.38. The van der Waals surface area contributed by atoms with Crippen LogP contribution in [0.25, 0.3) is 0 Å². The summed E-state index contributed by atoms with van der Waals surface area (Å²) in [4.78, 5) is 18.9. The van der Waals surface area contributed by atoms with E-state index in [1.165, 1.54) is 13.3 Å². The van der Waals surface area contributed by atoms with Gasteiger partial charge in [-0.25, -0.2) is 9.97 Å². The zero-order valence-corrected chi connectivity index (χ0v) is 10.1. The Hall–Kier alpha value is -2.43. The van der Waals surface area contributed by atoms with Gasteiger partial charge in [0.05, 0.1) is 18.1 Å². The van der Waals surface area contributed by atoms with E-state index in [2.05, 4.69) is 20.6 Å². The Morgan fingerprint density at radius 3 is 2.67 bits per heavy atom. The number of nitrogens with zero attached hydrogens (tertiary/aromatic N) is 2. The number of aromatic nitrogens is 2. The van der Waals surface area contributed by atoms with E-state index in [0.29, 0.717) is 6.54 Å². The first-order chi connectivity index (χ1) is 8.75. The van der Waals surface area contributed by atoms with E-state index in [1.54, 1.807) is 12.4 Å². The molecule has 0 spiro atoms. The summed E-state index contributed by atoms with van der Waals surface area (Å²) in [7, 11) is 0. The summed E-state index contributed by atoms with van der Waals surface area (Å²) in [5.41, 5.74) is 2.67. The number of hydrogen-bond acceptors (Lipinski definition) is 4. The van der Waals surface area contributed by atoms with E-state index in [-0.39, 0.29) is 5.91 Å². The van der Waals surface area contributed by atoms with Crippen LogP contribution in [0.3, 0.4) is 0 Å². The second-order valence-electron chi connectivity index (χ2n) is 3.82. The smallest absolute Gasteiger partial charge is 0.221 e. The molecular weight excluding hydrogens is 228 g/mol. The van der Waals surface area contributed by atoms with Crippen molar-refractivity contribution in [1.29, 1.82) is 0 Å². The van der Waals surface area contributed by atoms with Crippen molar-refractivity contribution in [1.82, 2.24) is 9.97 Å². The Morgan fingerprint density at radius 2 is 1.94 bits per heavy atom. The largest absolute Gasteiger partial charge is 0.378 e. The molecule has 0 atom stereocenters. The van der Waals surface area contributed by atoms with Crippen molar-refractivity contribution in [2.24, 2.45) is 0 Å². The van der Waals surface area contributed by atoms with Gasteiger partial charge in [0, 0.05) is 19.2 Å². The van der Waals surface area contributed by atoms with Gasteiger partial charge >= 0.3 is 0 Å². The van der Waals surface area contributed by atoms with Crippen LogP contribution in [-0.2, 0) is 11.3 Å². The maximum Gasteiger partial charge on any atom is 0.221 e. The van der Waals surface area contributed by atoms with Crippen LogP contribution >= 0.6 is 0 Å². The van der Waals surface area contributed by atoms with E-state index in [0.717, 1.165) is 16.9 Å². The predicted molar refractivity (Wildman–Crippen MR) is 70.1 cm³/mol. The van der Waals surface area contributed by atoms with Gasteiger partial charge in [-0.1, -0.05) is 18.2 Å². The van der Waals surface area contributed by atoms with Crippen LogP contribution < -0.4 is 10.6 Å². The second-order valence-corrected chi connectivity index (χ2v) is 3.82. The molecule has 1 aromatic heterocycles. The molecule has 0 fully saturated rings. The highest BCUT2D eigenvalue weighted by molar-refractivity contribution is 5.89. The molecule has 92 valence electrons. The van der Waals surface area contributed by atoms with Crippen LogP contribution in [0.1, 0.15) is 12.5 Å². The number of carbonyl (C=O) groups excluding carboxylic acids is 1. The fraction of sp³-hybridized carbons (Fsp3) is 0.154. The summed E-state index contributed by atoms with van der Waals surface area (Å²) in [6.07, 6.45) is 4.89. The third-order valence-corrected chi connectivity index (χ3v) is 2.37. The molecule has 0 bridgehead atoms. The lowest BCUT2D eigenvalue weighted by atomic mass is 10.1. The Morgan fingerprint density at radius 1 is 1.22 bits per heavy atom. The van der Waals surface area contributed by atoms with Crippen LogP contribution in [-0.4, -0.2) is 15.9 Å². The van der Waals surface area contributed by atoms with E-state index in [9.17, 15) is 4.79 Å². The Bertz CT molecular complexity index is 528. The first-order valence-corrected chi connectivity index (χ1v) is 5.60. The standard InChI is InChI=1S/C13H14N4O/c1-10(18)17-13-5-3-2-4-11(13)6-16-12-7-14-9-15-8-12/h2-5,7-9,16H,6H2,1H3,(H,17,18). The number of anilines is 2. The highest BCUT2D eigenvalue weighted by Gasteiger charge is 2.02. The first-order valence-electron chi connectivity index (χ1n) is 5.60. The van der Waals surface area contributed by atoms with E-state index < -0.39 is 0 Å². The lowest BCUT2D eigenvalue weighted by Gasteiger charge is -2.11. The topological polar surface area (TPSA) is 66.9 Å². The van der Waals surface area contributed by atoms with E-state index in [1.807, 2.05) is 24.3 Å². The van der Waals surface area contributed by atoms with Crippen LogP contribution in [0.4, 0.5) is 11.4 Å². The third kappa shape index (κ3) is 3.28. The van der Waals surface area contributed by atoms with Crippen molar-refractivity contribution >= 4 is 17.3 Å². The van der Waals surface area contributed by atoms with Crippen molar-refractivity contribution in [3.05, 3.63) is 48.5 Å². The molecule has 2 aromatic rings. The number of benzene rings is 1. The summed E-state index contributed by atoms with van der Waals surface area (Å²) in [5.74, 6) is -0.0782. The van der Waals surface area contributed by atoms with Gasteiger partial charge in [-0.3, -0.25) is 4.79 Å². The minimum atomic E-state index is -0.0782. The predicted octanol–water partition coefficient (Wildman–Crippen LogP) is 2.05. The van der Waals surface area contributed by atoms with Gasteiger partial charge in [-0.15, -0.1) is 0 Å². The zero-order valence-electron chi connectivity index (χ0n) is 10.1. The monoisotopic (exact) mass is 242 g/mol. The van der Waals surface area contributed by atoms with Gasteiger partial charge in [0.2, 0.25) is 5.91 Å². The summed E-state index contributed by atoms with van der Waals surface area (Å²) in [5, 5.41) is 6.00. The Balaban J connectivity index is 2.07. The van der Waals surface area contributed by atoms with Crippen molar-refractivity contribution in [2.75, 3.05) is 10.6 Å². The maximum absolute atomic E-state index is 11.1. The number of para-hydroxylation sites is 1. The minimum Gasteiger partial charge on any atom is -0.378 e. The van der Waals surface area contributed by atoms with E-state index in [4.69, 9.17) is 0 Å². The number of nitrogens with one attached hydrogen (secondary N) is 2. The Labute approximate surface area is 105 Å².